The summed E-state index contributed by atoms with van der Waals surface area (Å²) in [5.74, 6) is 0.119. The van der Waals surface area contributed by atoms with Crippen molar-refractivity contribution in [3.05, 3.63) is 71.6 Å². The van der Waals surface area contributed by atoms with Crippen molar-refractivity contribution in [1.82, 2.24) is 24.6 Å². The molecule has 4 rings (SSSR count). The third-order valence-corrected chi connectivity index (χ3v) is 4.40. The second kappa shape index (κ2) is 7.15. The summed E-state index contributed by atoms with van der Waals surface area (Å²) >= 11 is 0. The van der Waals surface area contributed by atoms with Crippen LogP contribution in [0.3, 0.4) is 0 Å². The van der Waals surface area contributed by atoms with Crippen molar-refractivity contribution in [2.45, 2.75) is 19.8 Å². The summed E-state index contributed by atoms with van der Waals surface area (Å²) in [5, 5.41) is 7.85. The monoisotopic (exact) mass is 376 g/mol. The fourth-order valence-corrected chi connectivity index (χ4v) is 3.06. The second-order valence-electron chi connectivity index (χ2n) is 6.54. The van der Waals surface area contributed by atoms with E-state index in [2.05, 4.69) is 20.2 Å². The van der Waals surface area contributed by atoms with E-state index in [4.69, 9.17) is 5.73 Å². The van der Waals surface area contributed by atoms with Gasteiger partial charge in [-0.05, 0) is 30.7 Å². The van der Waals surface area contributed by atoms with E-state index < -0.39 is 0 Å². The molecule has 0 amide bonds. The third kappa shape index (κ3) is 3.44. The molecule has 4 aromatic rings. The van der Waals surface area contributed by atoms with E-state index in [1.807, 2.05) is 19.1 Å². The summed E-state index contributed by atoms with van der Waals surface area (Å²) in [7, 11) is 0. The number of ketones is 1. The zero-order valence-electron chi connectivity index (χ0n) is 15.1. The summed E-state index contributed by atoms with van der Waals surface area (Å²) in [4.78, 5) is 20.9. The largest absolute Gasteiger partial charge is 0.368 e. The number of benzene rings is 1. The highest BCUT2D eigenvalue weighted by molar-refractivity contribution is 5.82. The van der Waals surface area contributed by atoms with E-state index >= 15 is 0 Å². The molecule has 0 atom stereocenters. The lowest BCUT2D eigenvalue weighted by atomic mass is 10.0. The van der Waals surface area contributed by atoms with Crippen LogP contribution < -0.4 is 5.73 Å². The SMILES string of the molecule is Cc1ccc(F)c(CC(=O)Cc2ncc(-c3cccc4nnc(N)n34)cn2)c1. The number of halogens is 1. The zero-order valence-corrected chi connectivity index (χ0v) is 15.1. The number of aromatic nitrogens is 5. The van der Waals surface area contributed by atoms with Crippen LogP contribution in [-0.4, -0.2) is 30.3 Å². The molecule has 3 heterocycles. The minimum absolute atomic E-state index is 0.00910. The van der Waals surface area contributed by atoms with Gasteiger partial charge in [0.05, 0.1) is 12.1 Å². The van der Waals surface area contributed by atoms with Gasteiger partial charge in [-0.2, -0.15) is 0 Å². The molecule has 140 valence electrons. The lowest BCUT2D eigenvalue weighted by Crippen LogP contribution is -2.10. The standard InChI is InChI=1S/C20H17FN6O/c1-12-5-6-16(21)13(7-12)8-15(28)9-18-23-10-14(11-24-18)17-3-2-4-19-25-26-20(22)27(17)19/h2-7,10-11H,8-9H2,1H3,(H2,22,26). The highest BCUT2D eigenvalue weighted by atomic mass is 19.1. The van der Waals surface area contributed by atoms with Crippen molar-refractivity contribution in [2.75, 3.05) is 5.73 Å². The predicted octanol–water partition coefficient (Wildman–Crippen LogP) is 2.57. The van der Waals surface area contributed by atoms with Gasteiger partial charge >= 0.3 is 0 Å². The molecule has 0 aliphatic heterocycles. The lowest BCUT2D eigenvalue weighted by molar-refractivity contribution is -0.117. The minimum atomic E-state index is -0.380. The van der Waals surface area contributed by atoms with Crippen LogP contribution in [0, 0.1) is 12.7 Å². The molecule has 0 bridgehead atoms. The van der Waals surface area contributed by atoms with Crippen molar-refractivity contribution in [3.63, 3.8) is 0 Å². The van der Waals surface area contributed by atoms with Crippen LogP contribution in [0.4, 0.5) is 10.3 Å². The molecule has 0 saturated carbocycles. The number of carbonyl (C=O) groups excluding carboxylic acids is 1. The Morgan fingerprint density at radius 1 is 1.11 bits per heavy atom. The maximum Gasteiger partial charge on any atom is 0.226 e. The normalized spacial score (nSPS) is 11.1. The maximum absolute atomic E-state index is 13.8. The number of pyridine rings is 1. The number of fused-ring (bicyclic) bond motifs is 1. The van der Waals surface area contributed by atoms with E-state index in [0.29, 0.717) is 17.0 Å². The molecular weight excluding hydrogens is 359 g/mol. The molecule has 0 unspecified atom stereocenters. The smallest absolute Gasteiger partial charge is 0.226 e. The number of anilines is 1. The van der Waals surface area contributed by atoms with Gasteiger partial charge in [-0.1, -0.05) is 23.8 Å². The van der Waals surface area contributed by atoms with Crippen molar-refractivity contribution in [3.8, 4) is 11.3 Å². The van der Waals surface area contributed by atoms with E-state index in [1.165, 1.54) is 6.07 Å². The number of hydrogen-bond acceptors (Lipinski definition) is 6. The Bertz CT molecular complexity index is 1170. The number of nitrogens with zero attached hydrogens (tertiary/aromatic N) is 5. The quantitative estimate of drug-likeness (QED) is 0.575. The fourth-order valence-electron chi connectivity index (χ4n) is 3.06. The number of hydrogen-bond donors (Lipinski definition) is 1. The first-order valence-electron chi connectivity index (χ1n) is 8.69. The van der Waals surface area contributed by atoms with Gasteiger partial charge in [-0.25, -0.2) is 14.4 Å². The van der Waals surface area contributed by atoms with E-state index in [9.17, 15) is 9.18 Å². The Labute approximate surface area is 160 Å². The van der Waals surface area contributed by atoms with Crippen LogP contribution >= 0.6 is 0 Å². The molecule has 0 aliphatic carbocycles. The molecule has 0 radical (unpaired) electrons. The molecule has 3 aromatic heterocycles. The first-order valence-corrected chi connectivity index (χ1v) is 8.69. The van der Waals surface area contributed by atoms with Gasteiger partial charge < -0.3 is 5.73 Å². The van der Waals surface area contributed by atoms with Gasteiger partial charge in [0.25, 0.3) is 0 Å². The van der Waals surface area contributed by atoms with Gasteiger partial charge in [0.1, 0.15) is 17.4 Å². The molecule has 1 aromatic carbocycles. The first kappa shape index (κ1) is 17.7. The van der Waals surface area contributed by atoms with Crippen molar-refractivity contribution < 1.29 is 9.18 Å². The predicted molar refractivity (Wildman–Crippen MR) is 102 cm³/mol. The molecule has 0 fully saturated rings. The number of aryl methyl sites for hydroxylation is 1. The van der Waals surface area contributed by atoms with Gasteiger partial charge in [-0.3, -0.25) is 9.20 Å². The molecule has 0 aliphatic rings. The average molecular weight is 376 g/mol. The highest BCUT2D eigenvalue weighted by Gasteiger charge is 2.13. The fraction of sp³-hybridized carbons (Fsp3) is 0.150. The van der Waals surface area contributed by atoms with Crippen LogP contribution in [0.1, 0.15) is 17.0 Å². The van der Waals surface area contributed by atoms with Crippen LogP contribution in [-0.2, 0) is 17.6 Å². The zero-order chi connectivity index (χ0) is 19.7. The van der Waals surface area contributed by atoms with Crippen LogP contribution in [0.5, 0.6) is 0 Å². The molecule has 0 spiro atoms. The summed E-state index contributed by atoms with van der Waals surface area (Å²) in [6, 6.07) is 10.2. The summed E-state index contributed by atoms with van der Waals surface area (Å²) in [5.41, 5.74) is 9.26. The highest BCUT2D eigenvalue weighted by Crippen LogP contribution is 2.21. The molecule has 0 saturated heterocycles. The van der Waals surface area contributed by atoms with E-state index in [1.54, 1.807) is 35.0 Å². The van der Waals surface area contributed by atoms with E-state index in [-0.39, 0.29) is 30.4 Å². The van der Waals surface area contributed by atoms with E-state index in [0.717, 1.165) is 16.8 Å². The van der Waals surface area contributed by atoms with Crippen molar-refractivity contribution in [2.24, 2.45) is 0 Å². The molecule has 7 nitrogen and oxygen atoms in total. The number of nitrogen functional groups attached to an aromatic ring is 1. The topological polar surface area (TPSA) is 99.1 Å². The molecule has 8 heteroatoms. The number of carbonyl (C=O) groups is 1. The molecular formula is C20H17FN6O. The Balaban J connectivity index is 1.52. The van der Waals surface area contributed by atoms with Crippen molar-refractivity contribution >= 4 is 17.4 Å². The Hall–Kier alpha value is -3.68. The minimum Gasteiger partial charge on any atom is -0.368 e. The van der Waals surface area contributed by atoms with Gasteiger partial charge in [0, 0.05) is 24.4 Å². The maximum atomic E-state index is 13.8. The Morgan fingerprint density at radius 2 is 1.89 bits per heavy atom. The summed E-state index contributed by atoms with van der Waals surface area (Å²) in [6.07, 6.45) is 3.29. The van der Waals surface area contributed by atoms with Crippen molar-refractivity contribution in [1.29, 1.82) is 0 Å². The van der Waals surface area contributed by atoms with Gasteiger partial charge in [0.15, 0.2) is 5.65 Å². The van der Waals surface area contributed by atoms with Gasteiger partial charge in [-0.15, -0.1) is 10.2 Å². The molecule has 2 N–H and O–H groups in total. The van der Waals surface area contributed by atoms with Crippen LogP contribution in [0.2, 0.25) is 0 Å². The van der Waals surface area contributed by atoms with Gasteiger partial charge in [0.2, 0.25) is 5.95 Å². The molecule has 28 heavy (non-hydrogen) atoms. The lowest BCUT2D eigenvalue weighted by Gasteiger charge is -2.07. The average Bonchev–Trinajstić information content (AvgIpc) is 3.07. The summed E-state index contributed by atoms with van der Waals surface area (Å²) in [6.45, 7) is 1.86. The van der Waals surface area contributed by atoms with Crippen LogP contribution in [0.25, 0.3) is 16.9 Å². The Morgan fingerprint density at radius 3 is 2.68 bits per heavy atom. The number of rotatable bonds is 5. The summed E-state index contributed by atoms with van der Waals surface area (Å²) < 4.78 is 15.5. The number of nitrogens with two attached hydrogens (primary N) is 1. The Kier molecular flexibility index (Phi) is 4.52. The van der Waals surface area contributed by atoms with Crippen LogP contribution in [0.15, 0.2) is 48.8 Å². The number of Topliss-reactive ketones (excluding diaryl/α,β-unsaturated/α-hetero) is 1. The second-order valence-corrected chi connectivity index (χ2v) is 6.54. The first-order chi connectivity index (χ1) is 13.5. The third-order valence-electron chi connectivity index (χ3n) is 4.40.